The molecule has 13 heavy (non-hydrogen) atoms. The van der Waals surface area contributed by atoms with Gasteiger partial charge in [0, 0.05) is 5.56 Å². The Balaban J connectivity index is 2.17. The van der Waals surface area contributed by atoms with E-state index in [2.05, 4.69) is 19.3 Å². The van der Waals surface area contributed by atoms with Gasteiger partial charge in [0.25, 0.3) is 0 Å². The van der Waals surface area contributed by atoms with Gasteiger partial charge in [-0.1, -0.05) is 6.92 Å². The van der Waals surface area contributed by atoms with E-state index in [1.54, 1.807) is 12.5 Å². The fourth-order valence-corrected chi connectivity index (χ4v) is 1.95. The highest BCUT2D eigenvalue weighted by Crippen LogP contribution is 2.47. The van der Waals surface area contributed by atoms with E-state index in [1.807, 2.05) is 0 Å². The van der Waals surface area contributed by atoms with E-state index in [0.717, 1.165) is 5.92 Å². The summed E-state index contributed by atoms with van der Waals surface area (Å²) in [6.07, 6.45) is 4.83. The van der Waals surface area contributed by atoms with Gasteiger partial charge in [-0.15, -0.1) is 0 Å². The molecule has 3 nitrogen and oxygen atoms in total. The van der Waals surface area contributed by atoms with Gasteiger partial charge in [0.2, 0.25) is 0 Å². The summed E-state index contributed by atoms with van der Waals surface area (Å²) in [6, 6.07) is 0.272. The molecule has 2 rings (SSSR count). The molecule has 3 unspecified atom stereocenters. The molecule has 3 N–H and O–H groups in total. The van der Waals surface area contributed by atoms with Crippen LogP contribution in [0.4, 0.5) is 0 Å². The number of hydrogen-bond acceptors (Lipinski definition) is 3. The van der Waals surface area contributed by atoms with Crippen LogP contribution in [0.2, 0.25) is 0 Å². The minimum absolute atomic E-state index is 0.272. The lowest BCUT2D eigenvalue weighted by atomic mass is 10.0. The highest BCUT2D eigenvalue weighted by molar-refractivity contribution is 5.25. The van der Waals surface area contributed by atoms with Crippen LogP contribution in [0, 0.1) is 18.8 Å². The van der Waals surface area contributed by atoms with Crippen molar-refractivity contribution in [2.75, 3.05) is 0 Å². The Bertz CT molecular complexity index is 295. The quantitative estimate of drug-likeness (QED) is 0.550. The topological polar surface area (TPSA) is 51.2 Å². The van der Waals surface area contributed by atoms with Gasteiger partial charge in [0.15, 0.2) is 0 Å². The van der Waals surface area contributed by atoms with Crippen molar-refractivity contribution in [3.8, 4) is 0 Å². The Morgan fingerprint density at radius 2 is 2.31 bits per heavy atom. The zero-order valence-corrected chi connectivity index (χ0v) is 8.08. The van der Waals surface area contributed by atoms with E-state index in [4.69, 9.17) is 10.3 Å². The first kappa shape index (κ1) is 8.78. The largest absolute Gasteiger partial charge is 0.472 e. The number of aryl methyl sites for hydroxylation is 1. The summed E-state index contributed by atoms with van der Waals surface area (Å²) in [5, 5.41) is 0. The van der Waals surface area contributed by atoms with E-state index >= 15 is 0 Å². The molecule has 1 fully saturated rings. The molecule has 3 atom stereocenters. The van der Waals surface area contributed by atoms with Crippen LogP contribution in [0.15, 0.2) is 16.9 Å². The lowest BCUT2D eigenvalue weighted by Gasteiger charge is -2.14. The van der Waals surface area contributed by atoms with Crippen molar-refractivity contribution >= 4 is 0 Å². The predicted octanol–water partition coefficient (Wildman–Crippen LogP) is 1.75. The number of nitrogens with one attached hydrogen (secondary N) is 1. The number of nitrogens with two attached hydrogens (primary N) is 1. The molecule has 1 saturated carbocycles. The molecule has 0 aromatic carbocycles. The van der Waals surface area contributed by atoms with Crippen LogP contribution in [-0.4, -0.2) is 0 Å². The third-order valence-electron chi connectivity index (χ3n) is 3.01. The van der Waals surface area contributed by atoms with Crippen molar-refractivity contribution in [1.82, 2.24) is 5.43 Å². The van der Waals surface area contributed by atoms with Crippen LogP contribution in [0.5, 0.6) is 0 Å². The molecular weight excluding hydrogens is 164 g/mol. The van der Waals surface area contributed by atoms with Gasteiger partial charge in [-0.3, -0.25) is 11.3 Å². The summed E-state index contributed by atoms with van der Waals surface area (Å²) in [5.41, 5.74) is 5.27. The van der Waals surface area contributed by atoms with Crippen LogP contribution in [0.3, 0.4) is 0 Å². The minimum atomic E-state index is 0.272. The highest BCUT2D eigenvalue weighted by Gasteiger charge is 2.40. The lowest BCUT2D eigenvalue weighted by Crippen LogP contribution is -2.30. The molecule has 1 aromatic heterocycles. The Morgan fingerprint density at radius 1 is 1.62 bits per heavy atom. The van der Waals surface area contributed by atoms with Gasteiger partial charge >= 0.3 is 0 Å². The van der Waals surface area contributed by atoms with Crippen LogP contribution >= 0.6 is 0 Å². The first-order valence-corrected chi connectivity index (χ1v) is 4.73. The molecule has 0 spiro atoms. The van der Waals surface area contributed by atoms with Gasteiger partial charge in [-0.05, 0) is 30.7 Å². The van der Waals surface area contributed by atoms with Crippen molar-refractivity contribution in [1.29, 1.82) is 0 Å². The Labute approximate surface area is 78.3 Å². The second-order valence-corrected chi connectivity index (χ2v) is 4.03. The summed E-state index contributed by atoms with van der Waals surface area (Å²) in [7, 11) is 0. The number of rotatable bonds is 3. The van der Waals surface area contributed by atoms with Crippen molar-refractivity contribution in [2.24, 2.45) is 17.7 Å². The Kier molecular flexibility index (Phi) is 2.14. The summed E-state index contributed by atoms with van der Waals surface area (Å²) >= 11 is 0. The average molecular weight is 180 g/mol. The standard InChI is InChI=1S/C10H16N2O/c1-6-3-8(6)10(12-11)9-5-13-4-7(9)2/h4-6,8,10,12H,3,11H2,1-2H3. The highest BCUT2D eigenvalue weighted by atomic mass is 16.3. The van der Waals surface area contributed by atoms with E-state index in [1.165, 1.54) is 17.5 Å². The first-order chi connectivity index (χ1) is 6.24. The fourth-order valence-electron chi connectivity index (χ4n) is 1.95. The van der Waals surface area contributed by atoms with E-state index < -0.39 is 0 Å². The molecule has 0 amide bonds. The third-order valence-corrected chi connectivity index (χ3v) is 3.01. The average Bonchev–Trinajstić information content (AvgIpc) is 2.65. The van der Waals surface area contributed by atoms with E-state index in [-0.39, 0.29) is 6.04 Å². The Hall–Kier alpha value is -0.800. The number of hydrazine groups is 1. The van der Waals surface area contributed by atoms with Crippen molar-refractivity contribution in [3.63, 3.8) is 0 Å². The fraction of sp³-hybridized carbons (Fsp3) is 0.600. The molecule has 1 heterocycles. The van der Waals surface area contributed by atoms with E-state index in [9.17, 15) is 0 Å². The smallest absolute Gasteiger partial charge is 0.0953 e. The van der Waals surface area contributed by atoms with Gasteiger partial charge in [-0.25, -0.2) is 0 Å². The van der Waals surface area contributed by atoms with Crippen molar-refractivity contribution in [3.05, 3.63) is 23.7 Å². The zero-order chi connectivity index (χ0) is 9.42. The minimum Gasteiger partial charge on any atom is -0.472 e. The van der Waals surface area contributed by atoms with Crippen molar-refractivity contribution in [2.45, 2.75) is 26.3 Å². The molecule has 1 aliphatic rings. The first-order valence-electron chi connectivity index (χ1n) is 4.73. The molecule has 0 aliphatic heterocycles. The van der Waals surface area contributed by atoms with Crippen molar-refractivity contribution < 1.29 is 4.42 Å². The van der Waals surface area contributed by atoms with Gasteiger partial charge in [0.05, 0.1) is 18.6 Å². The molecule has 0 bridgehead atoms. The maximum Gasteiger partial charge on any atom is 0.0953 e. The molecule has 0 saturated heterocycles. The maximum absolute atomic E-state index is 5.54. The van der Waals surface area contributed by atoms with E-state index in [0.29, 0.717) is 5.92 Å². The second kappa shape index (κ2) is 3.16. The molecule has 1 aromatic rings. The third kappa shape index (κ3) is 1.49. The predicted molar refractivity (Wildman–Crippen MR) is 50.8 cm³/mol. The Morgan fingerprint density at radius 3 is 2.69 bits per heavy atom. The van der Waals surface area contributed by atoms with Gasteiger partial charge in [-0.2, -0.15) is 0 Å². The van der Waals surface area contributed by atoms with Gasteiger partial charge in [0.1, 0.15) is 0 Å². The SMILES string of the molecule is Cc1cocc1C(NN)C1CC1C. The van der Waals surface area contributed by atoms with Crippen LogP contribution < -0.4 is 11.3 Å². The summed E-state index contributed by atoms with van der Waals surface area (Å²) < 4.78 is 5.15. The monoisotopic (exact) mass is 180 g/mol. The summed E-state index contributed by atoms with van der Waals surface area (Å²) in [5.74, 6) is 7.01. The summed E-state index contributed by atoms with van der Waals surface area (Å²) in [4.78, 5) is 0. The molecule has 1 aliphatic carbocycles. The molecule has 72 valence electrons. The zero-order valence-electron chi connectivity index (χ0n) is 8.08. The number of furan rings is 1. The lowest BCUT2D eigenvalue weighted by molar-refractivity contribution is 0.466. The second-order valence-electron chi connectivity index (χ2n) is 4.03. The summed E-state index contributed by atoms with van der Waals surface area (Å²) in [6.45, 7) is 4.31. The van der Waals surface area contributed by atoms with Gasteiger partial charge < -0.3 is 4.42 Å². The number of hydrogen-bond donors (Lipinski definition) is 2. The maximum atomic E-state index is 5.54. The molecule has 0 radical (unpaired) electrons. The van der Waals surface area contributed by atoms with Crippen LogP contribution in [0.1, 0.15) is 30.5 Å². The van der Waals surface area contributed by atoms with Crippen LogP contribution in [-0.2, 0) is 0 Å². The molecular formula is C10H16N2O. The molecule has 3 heteroatoms. The van der Waals surface area contributed by atoms with Crippen LogP contribution in [0.25, 0.3) is 0 Å². The normalized spacial score (nSPS) is 28.8.